The van der Waals surface area contributed by atoms with E-state index in [1.165, 1.54) is 6.07 Å². The summed E-state index contributed by atoms with van der Waals surface area (Å²) < 4.78 is 5.16. The van der Waals surface area contributed by atoms with Crippen LogP contribution in [0.25, 0.3) is 0 Å². The summed E-state index contributed by atoms with van der Waals surface area (Å²) in [7, 11) is 1.64. The molecule has 2 aromatic rings. The zero-order valence-electron chi connectivity index (χ0n) is 12.9. The highest BCUT2D eigenvalue weighted by atomic mass is 16.5. The van der Waals surface area contributed by atoms with Crippen LogP contribution in [0.1, 0.15) is 49.3 Å². The average Bonchev–Trinajstić information content (AvgIpc) is 2.46. The molecule has 0 fully saturated rings. The topological polar surface area (TPSA) is 49.7 Å². The van der Waals surface area contributed by atoms with Gasteiger partial charge in [0.05, 0.1) is 7.11 Å². The van der Waals surface area contributed by atoms with Crippen LogP contribution >= 0.6 is 0 Å². The van der Waals surface area contributed by atoms with Gasteiger partial charge in [-0.1, -0.05) is 32.9 Å². The van der Waals surface area contributed by atoms with E-state index in [1.807, 2.05) is 51.1 Å². The molecule has 2 N–H and O–H groups in total. The quantitative estimate of drug-likeness (QED) is 0.876. The van der Waals surface area contributed by atoms with Crippen LogP contribution in [0.2, 0.25) is 0 Å². The molecule has 0 bridgehead atoms. The summed E-state index contributed by atoms with van der Waals surface area (Å²) in [6, 6.07) is 11.1. The van der Waals surface area contributed by atoms with Gasteiger partial charge in [-0.2, -0.15) is 0 Å². The normalized spacial score (nSPS) is 12.4. The van der Waals surface area contributed by atoms with Crippen molar-refractivity contribution >= 4 is 0 Å². The molecule has 0 aliphatic carbocycles. The van der Waals surface area contributed by atoms with Crippen molar-refractivity contribution in [1.82, 2.24) is 0 Å². The van der Waals surface area contributed by atoms with Crippen LogP contribution in [0, 0.1) is 0 Å². The number of hydrogen-bond acceptors (Lipinski definition) is 3. The molecule has 21 heavy (non-hydrogen) atoms. The Labute approximate surface area is 125 Å². The van der Waals surface area contributed by atoms with Crippen LogP contribution in [0.15, 0.2) is 36.4 Å². The molecule has 0 spiro atoms. The highest BCUT2D eigenvalue weighted by Gasteiger charge is 2.17. The van der Waals surface area contributed by atoms with Gasteiger partial charge in [0, 0.05) is 17.5 Å². The molecule has 0 aromatic heterocycles. The average molecular weight is 286 g/mol. The van der Waals surface area contributed by atoms with Crippen LogP contribution in [-0.2, 0) is 0 Å². The molecule has 112 valence electrons. The minimum absolute atomic E-state index is 0.0361. The first-order chi connectivity index (χ1) is 9.93. The van der Waals surface area contributed by atoms with Gasteiger partial charge in [0.2, 0.25) is 0 Å². The molecule has 1 atom stereocenters. The van der Waals surface area contributed by atoms with Crippen LogP contribution in [-0.4, -0.2) is 17.3 Å². The summed E-state index contributed by atoms with van der Waals surface area (Å²) in [5.41, 5.74) is 2.76. The van der Waals surface area contributed by atoms with E-state index in [1.54, 1.807) is 7.11 Å². The molecule has 2 rings (SSSR count). The minimum Gasteiger partial charge on any atom is -0.508 e. The highest BCUT2D eigenvalue weighted by molar-refractivity contribution is 5.50. The lowest BCUT2D eigenvalue weighted by molar-refractivity contribution is 0.414. The lowest BCUT2D eigenvalue weighted by Crippen LogP contribution is -1.99. The molecular weight excluding hydrogens is 264 g/mol. The van der Waals surface area contributed by atoms with Gasteiger partial charge in [0.1, 0.15) is 17.2 Å². The van der Waals surface area contributed by atoms with E-state index in [0.29, 0.717) is 0 Å². The second-order valence-corrected chi connectivity index (χ2v) is 5.62. The summed E-state index contributed by atoms with van der Waals surface area (Å²) in [6.07, 6.45) is 0. The standard InChI is InChI=1S/C18H22O3/c1-11(2)15-9-16(18(20)10-17(15)19)12(3)13-5-7-14(21-4)8-6-13/h5-12,19-20H,1-4H3. The first-order valence-corrected chi connectivity index (χ1v) is 7.13. The van der Waals surface area contributed by atoms with Crippen LogP contribution < -0.4 is 4.74 Å². The van der Waals surface area contributed by atoms with E-state index in [0.717, 1.165) is 22.4 Å². The lowest BCUT2D eigenvalue weighted by atomic mass is 9.89. The smallest absolute Gasteiger partial charge is 0.123 e. The fourth-order valence-corrected chi connectivity index (χ4v) is 2.49. The summed E-state index contributed by atoms with van der Waals surface area (Å²) in [4.78, 5) is 0. The van der Waals surface area contributed by atoms with Crippen molar-refractivity contribution in [2.75, 3.05) is 7.11 Å². The Balaban J connectivity index is 2.41. The number of hydrogen-bond donors (Lipinski definition) is 2. The van der Waals surface area contributed by atoms with Crippen LogP contribution in [0.3, 0.4) is 0 Å². The van der Waals surface area contributed by atoms with Crippen molar-refractivity contribution in [3.05, 3.63) is 53.1 Å². The van der Waals surface area contributed by atoms with Crippen molar-refractivity contribution in [2.24, 2.45) is 0 Å². The maximum absolute atomic E-state index is 10.1. The molecule has 1 unspecified atom stereocenters. The second-order valence-electron chi connectivity index (χ2n) is 5.62. The van der Waals surface area contributed by atoms with Gasteiger partial charge >= 0.3 is 0 Å². The third kappa shape index (κ3) is 3.13. The molecule has 2 aromatic carbocycles. The predicted octanol–water partition coefficient (Wildman–Crippen LogP) is 4.38. The molecule has 0 saturated heterocycles. The van der Waals surface area contributed by atoms with E-state index in [9.17, 15) is 10.2 Å². The van der Waals surface area contributed by atoms with Gasteiger partial charge < -0.3 is 14.9 Å². The monoisotopic (exact) mass is 286 g/mol. The predicted molar refractivity (Wildman–Crippen MR) is 84.4 cm³/mol. The largest absolute Gasteiger partial charge is 0.508 e. The zero-order chi connectivity index (χ0) is 15.6. The fourth-order valence-electron chi connectivity index (χ4n) is 2.49. The summed E-state index contributed by atoms with van der Waals surface area (Å²) >= 11 is 0. The van der Waals surface area contributed by atoms with Crippen molar-refractivity contribution in [1.29, 1.82) is 0 Å². The minimum atomic E-state index is 0.0361. The molecule has 3 nitrogen and oxygen atoms in total. The zero-order valence-corrected chi connectivity index (χ0v) is 12.9. The van der Waals surface area contributed by atoms with Gasteiger partial charge in [0.15, 0.2) is 0 Å². The number of benzene rings is 2. The van der Waals surface area contributed by atoms with Crippen LogP contribution in [0.4, 0.5) is 0 Å². The maximum atomic E-state index is 10.1. The first-order valence-electron chi connectivity index (χ1n) is 7.13. The molecule has 0 radical (unpaired) electrons. The van der Waals surface area contributed by atoms with Crippen molar-refractivity contribution in [3.8, 4) is 17.2 Å². The summed E-state index contributed by atoms with van der Waals surface area (Å²) in [6.45, 7) is 6.08. The number of rotatable bonds is 4. The number of methoxy groups -OCH3 is 1. The van der Waals surface area contributed by atoms with E-state index in [-0.39, 0.29) is 23.3 Å². The van der Waals surface area contributed by atoms with E-state index < -0.39 is 0 Å². The summed E-state index contributed by atoms with van der Waals surface area (Å²) in [5.74, 6) is 1.32. The van der Waals surface area contributed by atoms with Crippen LogP contribution in [0.5, 0.6) is 17.2 Å². The molecule has 0 saturated carbocycles. The van der Waals surface area contributed by atoms with Gasteiger partial charge in [-0.05, 0) is 35.2 Å². The highest BCUT2D eigenvalue weighted by Crippen LogP contribution is 2.38. The van der Waals surface area contributed by atoms with E-state index in [2.05, 4.69) is 0 Å². The maximum Gasteiger partial charge on any atom is 0.123 e. The Kier molecular flexibility index (Phi) is 4.41. The van der Waals surface area contributed by atoms with Crippen molar-refractivity contribution in [3.63, 3.8) is 0 Å². The Morgan fingerprint density at radius 2 is 1.43 bits per heavy atom. The Morgan fingerprint density at radius 3 is 1.95 bits per heavy atom. The molecule has 0 aliphatic heterocycles. The number of aromatic hydroxyl groups is 2. The number of ether oxygens (including phenoxy) is 1. The van der Waals surface area contributed by atoms with Gasteiger partial charge in [-0.3, -0.25) is 0 Å². The SMILES string of the molecule is COc1ccc(C(C)c2cc(C(C)C)c(O)cc2O)cc1. The molecular formula is C18H22O3. The number of phenolic OH excluding ortho intramolecular Hbond substituents is 2. The molecule has 0 heterocycles. The second kappa shape index (κ2) is 6.08. The molecule has 0 amide bonds. The van der Waals surface area contributed by atoms with E-state index >= 15 is 0 Å². The fraction of sp³-hybridized carbons (Fsp3) is 0.333. The first kappa shape index (κ1) is 15.2. The lowest BCUT2D eigenvalue weighted by Gasteiger charge is -2.18. The molecule has 0 aliphatic rings. The molecule has 3 heteroatoms. The third-order valence-electron chi connectivity index (χ3n) is 3.88. The van der Waals surface area contributed by atoms with Gasteiger partial charge in [-0.15, -0.1) is 0 Å². The summed E-state index contributed by atoms with van der Waals surface area (Å²) in [5, 5.41) is 20.1. The Hall–Kier alpha value is -2.16. The number of phenols is 2. The van der Waals surface area contributed by atoms with Crippen molar-refractivity contribution < 1.29 is 14.9 Å². The third-order valence-corrected chi connectivity index (χ3v) is 3.88. The van der Waals surface area contributed by atoms with E-state index in [4.69, 9.17) is 4.74 Å². The Morgan fingerprint density at radius 1 is 0.857 bits per heavy atom. The Bertz CT molecular complexity index is 615. The van der Waals surface area contributed by atoms with Gasteiger partial charge in [-0.25, -0.2) is 0 Å². The van der Waals surface area contributed by atoms with Gasteiger partial charge in [0.25, 0.3) is 0 Å². The van der Waals surface area contributed by atoms with Crippen molar-refractivity contribution in [2.45, 2.75) is 32.6 Å².